The van der Waals surface area contributed by atoms with Gasteiger partial charge < -0.3 is 20.5 Å². The molecule has 0 aromatic carbocycles. The number of carbonyl (C=O) groups is 2. The molecule has 2 aliphatic heterocycles. The van der Waals surface area contributed by atoms with Crippen LogP contribution in [0.2, 0.25) is 0 Å². The highest BCUT2D eigenvalue weighted by atomic mass is 16.5. The van der Waals surface area contributed by atoms with Gasteiger partial charge in [0.25, 0.3) is 0 Å². The van der Waals surface area contributed by atoms with Gasteiger partial charge in [-0.15, -0.1) is 0 Å². The van der Waals surface area contributed by atoms with Crippen LogP contribution in [0.3, 0.4) is 0 Å². The van der Waals surface area contributed by atoms with Gasteiger partial charge in [-0.25, -0.2) is 9.78 Å². The van der Waals surface area contributed by atoms with Crippen molar-refractivity contribution in [2.75, 3.05) is 25.1 Å². The molecule has 1 aromatic heterocycles. The van der Waals surface area contributed by atoms with Crippen molar-refractivity contribution in [2.45, 2.75) is 77.2 Å². The van der Waals surface area contributed by atoms with E-state index in [0.717, 1.165) is 63.0 Å². The third kappa shape index (κ3) is 6.17. The van der Waals surface area contributed by atoms with Crippen LogP contribution in [0.4, 0.5) is 5.82 Å². The number of pyridine rings is 1. The summed E-state index contributed by atoms with van der Waals surface area (Å²) < 4.78 is 5.30. The second-order valence-corrected chi connectivity index (χ2v) is 8.87. The van der Waals surface area contributed by atoms with E-state index in [1.165, 1.54) is 12.0 Å². The summed E-state index contributed by atoms with van der Waals surface area (Å²) in [6.45, 7) is 3.76. The summed E-state index contributed by atoms with van der Waals surface area (Å²) in [5.41, 5.74) is 1.86. The Hall–Kier alpha value is -2.15. The first kappa shape index (κ1) is 22.5. The molecule has 3 rings (SSSR count). The van der Waals surface area contributed by atoms with E-state index in [-0.39, 0.29) is 5.91 Å². The molecule has 0 spiro atoms. The minimum absolute atomic E-state index is 0.209. The van der Waals surface area contributed by atoms with E-state index in [0.29, 0.717) is 26.1 Å². The van der Waals surface area contributed by atoms with Crippen LogP contribution in [0.25, 0.3) is 0 Å². The van der Waals surface area contributed by atoms with Gasteiger partial charge in [0, 0.05) is 18.8 Å². The van der Waals surface area contributed by atoms with E-state index >= 15 is 0 Å². The number of ether oxygens (including phenoxy) is 1. The molecule has 3 heterocycles. The number of amides is 1. The third-order valence-electron chi connectivity index (χ3n) is 6.25. The second-order valence-electron chi connectivity index (χ2n) is 8.87. The molecule has 1 aromatic rings. The summed E-state index contributed by atoms with van der Waals surface area (Å²) in [7, 11) is 0. The van der Waals surface area contributed by atoms with Gasteiger partial charge in [-0.05, 0) is 57.1 Å². The highest BCUT2D eigenvalue weighted by Crippen LogP contribution is 2.28. The number of nitrogens with zero attached hydrogens (tertiary/aromatic N) is 1. The van der Waals surface area contributed by atoms with Gasteiger partial charge in [0.05, 0.1) is 12.0 Å². The number of fused-ring (bicyclic) bond motifs is 1. The third-order valence-corrected chi connectivity index (χ3v) is 6.25. The molecule has 1 saturated heterocycles. The smallest absolute Gasteiger partial charge is 0.326 e. The largest absolute Gasteiger partial charge is 0.480 e. The van der Waals surface area contributed by atoms with Gasteiger partial charge in [0.2, 0.25) is 5.91 Å². The maximum absolute atomic E-state index is 12.4. The number of hydrogen-bond donors (Lipinski definition) is 3. The SMILES string of the molecule is C[C@@]1(C(=O)NC(CCCCCCCc2ccc3c(n2)NCCC3)C(=O)O)CCOC1. The van der Waals surface area contributed by atoms with Crippen molar-refractivity contribution in [3.63, 3.8) is 0 Å². The molecule has 7 heteroatoms. The van der Waals surface area contributed by atoms with Gasteiger partial charge in [0.15, 0.2) is 0 Å². The number of unbranched alkanes of at least 4 members (excludes halogenated alkanes) is 4. The van der Waals surface area contributed by atoms with Crippen molar-refractivity contribution in [3.05, 3.63) is 23.4 Å². The van der Waals surface area contributed by atoms with Gasteiger partial charge in [-0.2, -0.15) is 0 Å². The quantitative estimate of drug-likeness (QED) is 0.478. The normalized spacial score (nSPS) is 21.5. The molecular formula is C23H35N3O4. The number of aryl methyl sites for hydroxylation is 2. The fraction of sp³-hybridized carbons (Fsp3) is 0.696. The number of carboxylic acids is 1. The van der Waals surface area contributed by atoms with Crippen LogP contribution < -0.4 is 10.6 Å². The van der Waals surface area contributed by atoms with Crippen LogP contribution in [0.5, 0.6) is 0 Å². The molecule has 7 nitrogen and oxygen atoms in total. The van der Waals surface area contributed by atoms with Crippen molar-refractivity contribution in [1.29, 1.82) is 0 Å². The average molecular weight is 418 g/mol. The molecule has 0 radical (unpaired) electrons. The van der Waals surface area contributed by atoms with Gasteiger partial charge >= 0.3 is 5.97 Å². The van der Waals surface area contributed by atoms with Crippen molar-refractivity contribution in [2.24, 2.45) is 5.41 Å². The number of hydrogen-bond acceptors (Lipinski definition) is 5. The maximum Gasteiger partial charge on any atom is 0.326 e. The number of carbonyl (C=O) groups excluding carboxylic acids is 1. The lowest BCUT2D eigenvalue weighted by atomic mass is 9.88. The summed E-state index contributed by atoms with van der Waals surface area (Å²) in [6.07, 6.45) is 9.39. The predicted octanol–water partition coefficient (Wildman–Crippen LogP) is 3.32. The van der Waals surface area contributed by atoms with Crippen molar-refractivity contribution in [3.8, 4) is 0 Å². The zero-order chi connectivity index (χ0) is 21.4. The molecule has 0 bridgehead atoms. The van der Waals surface area contributed by atoms with Crippen LogP contribution in [0.1, 0.15) is 69.5 Å². The first-order valence-electron chi connectivity index (χ1n) is 11.3. The summed E-state index contributed by atoms with van der Waals surface area (Å²) in [5.74, 6) is -0.115. The minimum atomic E-state index is -0.960. The van der Waals surface area contributed by atoms with E-state index in [1.54, 1.807) is 0 Å². The monoisotopic (exact) mass is 417 g/mol. The predicted molar refractivity (Wildman–Crippen MR) is 116 cm³/mol. The first-order chi connectivity index (χ1) is 14.5. The van der Waals surface area contributed by atoms with Gasteiger partial charge in [-0.3, -0.25) is 4.79 Å². The lowest BCUT2D eigenvalue weighted by Crippen LogP contribution is -2.47. The van der Waals surface area contributed by atoms with E-state index in [1.807, 2.05) is 6.92 Å². The highest BCUT2D eigenvalue weighted by Gasteiger charge is 2.39. The lowest BCUT2D eigenvalue weighted by molar-refractivity contribution is -0.144. The van der Waals surface area contributed by atoms with E-state index in [9.17, 15) is 14.7 Å². The fourth-order valence-corrected chi connectivity index (χ4v) is 4.13. The van der Waals surface area contributed by atoms with Crippen LogP contribution in [0, 0.1) is 5.41 Å². The van der Waals surface area contributed by atoms with Crippen molar-refractivity contribution in [1.82, 2.24) is 10.3 Å². The number of carboxylic acid groups (broad SMARTS) is 1. The minimum Gasteiger partial charge on any atom is -0.480 e. The zero-order valence-corrected chi connectivity index (χ0v) is 18.0. The number of nitrogens with one attached hydrogen (secondary N) is 2. The molecule has 0 saturated carbocycles. The van der Waals surface area contributed by atoms with Crippen molar-refractivity contribution < 1.29 is 19.4 Å². The maximum atomic E-state index is 12.4. The number of rotatable bonds is 11. The Labute approximate surface area is 179 Å². The Balaban J connectivity index is 1.30. The molecular weight excluding hydrogens is 382 g/mol. The summed E-state index contributed by atoms with van der Waals surface area (Å²) >= 11 is 0. The highest BCUT2D eigenvalue weighted by molar-refractivity contribution is 5.87. The summed E-state index contributed by atoms with van der Waals surface area (Å²) in [5, 5.41) is 15.5. The number of aliphatic carboxylic acids is 1. The van der Waals surface area contributed by atoms with E-state index in [4.69, 9.17) is 9.72 Å². The topological polar surface area (TPSA) is 101 Å². The standard InChI is InChI=1S/C23H35N3O4/c1-23(13-15-30-16-23)22(29)26-19(21(27)28)10-6-4-2-3-5-9-18-12-11-17-8-7-14-24-20(17)25-18/h11-12,19H,2-10,13-16H2,1H3,(H,24,25)(H,26,29)(H,27,28)/t19?,23-/m1/s1. The molecule has 2 atom stereocenters. The van der Waals surface area contributed by atoms with E-state index < -0.39 is 17.4 Å². The fourth-order valence-electron chi connectivity index (χ4n) is 4.13. The summed E-state index contributed by atoms with van der Waals surface area (Å²) in [4.78, 5) is 28.7. The van der Waals surface area contributed by atoms with Crippen LogP contribution in [-0.4, -0.2) is 47.8 Å². The summed E-state index contributed by atoms with van der Waals surface area (Å²) in [6, 6.07) is 3.52. The van der Waals surface area contributed by atoms with Gasteiger partial charge in [-0.1, -0.05) is 31.7 Å². The molecule has 1 amide bonds. The molecule has 3 N–H and O–H groups in total. The van der Waals surface area contributed by atoms with Crippen molar-refractivity contribution >= 4 is 17.7 Å². The van der Waals surface area contributed by atoms with Crippen LogP contribution in [-0.2, 0) is 27.2 Å². The second kappa shape index (κ2) is 10.8. The zero-order valence-electron chi connectivity index (χ0n) is 18.0. The van der Waals surface area contributed by atoms with E-state index in [2.05, 4.69) is 22.8 Å². The molecule has 0 aliphatic carbocycles. The first-order valence-corrected chi connectivity index (χ1v) is 11.3. The van der Waals surface area contributed by atoms with Crippen LogP contribution in [0.15, 0.2) is 12.1 Å². The molecule has 30 heavy (non-hydrogen) atoms. The Morgan fingerprint density at radius 3 is 2.83 bits per heavy atom. The lowest BCUT2D eigenvalue weighted by Gasteiger charge is -2.23. The Morgan fingerprint density at radius 1 is 1.27 bits per heavy atom. The molecule has 1 fully saturated rings. The Bertz CT molecular complexity index is 731. The number of aromatic nitrogens is 1. The molecule has 1 unspecified atom stereocenters. The molecule has 166 valence electrons. The molecule has 2 aliphatic rings. The Morgan fingerprint density at radius 2 is 2.07 bits per heavy atom. The number of anilines is 1. The van der Waals surface area contributed by atoms with Gasteiger partial charge in [0.1, 0.15) is 11.9 Å². The average Bonchev–Trinajstić information content (AvgIpc) is 3.19. The van der Waals surface area contributed by atoms with Crippen LogP contribution >= 0.6 is 0 Å². The Kier molecular flexibility index (Phi) is 8.08.